The third-order valence-electron chi connectivity index (χ3n) is 6.51. The van der Waals surface area contributed by atoms with Crippen LogP contribution in [0.2, 0.25) is 0 Å². The van der Waals surface area contributed by atoms with Gasteiger partial charge in [-0.1, -0.05) is 6.07 Å². The Morgan fingerprint density at radius 1 is 1.29 bits per heavy atom. The van der Waals surface area contributed by atoms with Crippen LogP contribution < -0.4 is 11.1 Å². The Bertz CT molecular complexity index is 1280. The quantitative estimate of drug-likeness (QED) is 0.615. The zero-order valence-electron chi connectivity index (χ0n) is 19.2. The second kappa shape index (κ2) is 8.11. The van der Waals surface area contributed by atoms with E-state index < -0.39 is 11.1 Å². The van der Waals surface area contributed by atoms with Gasteiger partial charge < -0.3 is 20.7 Å². The number of aromatic nitrogens is 4. The van der Waals surface area contributed by atoms with Crippen LogP contribution in [-0.2, 0) is 22.4 Å². The molecule has 0 saturated carbocycles. The number of nitrogens with one attached hydrogen (secondary N) is 1. The average molecular weight is 459 g/mol. The molecule has 3 aromatic heterocycles. The molecule has 10 nitrogen and oxygen atoms in total. The number of nitrogen functional groups attached to an aromatic ring is 1. The summed E-state index contributed by atoms with van der Waals surface area (Å²) in [6.45, 7) is 5.98. The third kappa shape index (κ3) is 3.74. The molecule has 1 atom stereocenters. The van der Waals surface area contributed by atoms with Gasteiger partial charge in [-0.2, -0.15) is 10.4 Å². The van der Waals surface area contributed by atoms with Gasteiger partial charge in [0.1, 0.15) is 17.5 Å². The van der Waals surface area contributed by atoms with Crippen molar-refractivity contribution in [3.63, 3.8) is 0 Å². The van der Waals surface area contributed by atoms with Crippen molar-refractivity contribution < 1.29 is 9.53 Å². The summed E-state index contributed by atoms with van der Waals surface area (Å²) in [5.41, 5.74) is 7.96. The summed E-state index contributed by atoms with van der Waals surface area (Å²) in [6, 6.07) is 11.2. The number of likely N-dealkylation sites (tertiary alicyclic amines) is 1. The lowest BCUT2D eigenvalue weighted by molar-refractivity contribution is -0.0702. The standard InChI is InChI=1S/C24H26N8O2/c1-23(2,19-5-3-4-7-27-19)29-22(33)31-8-6-24(15-31)20-12-18(30-32(20)9-10-34-24)17-11-16(13-25)21(26)28-14-17/h3-5,7,11-12,14H,6,8-10,15H2,1-2H3,(H2,26,28)(H,29,33)/t24-/m1/s1. The molecule has 34 heavy (non-hydrogen) atoms. The third-order valence-corrected chi connectivity index (χ3v) is 6.51. The van der Waals surface area contributed by atoms with Crippen molar-refractivity contribution in [3.8, 4) is 17.3 Å². The number of nitrogens with zero attached hydrogens (tertiary/aromatic N) is 6. The highest BCUT2D eigenvalue weighted by Crippen LogP contribution is 2.40. The van der Waals surface area contributed by atoms with Gasteiger partial charge in [-0.05, 0) is 38.1 Å². The topological polar surface area (TPSA) is 135 Å². The van der Waals surface area contributed by atoms with Gasteiger partial charge >= 0.3 is 6.03 Å². The molecule has 0 unspecified atom stereocenters. The van der Waals surface area contributed by atoms with Crippen LogP contribution in [0.5, 0.6) is 0 Å². The van der Waals surface area contributed by atoms with E-state index in [-0.39, 0.29) is 11.8 Å². The lowest BCUT2D eigenvalue weighted by Crippen LogP contribution is -2.49. The van der Waals surface area contributed by atoms with Gasteiger partial charge in [0.2, 0.25) is 0 Å². The summed E-state index contributed by atoms with van der Waals surface area (Å²) in [4.78, 5) is 23.5. The molecule has 10 heteroatoms. The zero-order chi connectivity index (χ0) is 23.9. The number of fused-ring (bicyclic) bond motifs is 2. The fraction of sp³-hybridized carbons (Fsp3) is 0.375. The van der Waals surface area contributed by atoms with E-state index in [1.54, 1.807) is 23.4 Å². The number of carbonyl (C=O) groups is 1. The minimum absolute atomic E-state index is 0.158. The number of amides is 2. The molecule has 2 aliphatic rings. The van der Waals surface area contributed by atoms with Crippen molar-refractivity contribution >= 4 is 11.8 Å². The second-order valence-electron chi connectivity index (χ2n) is 9.19. The van der Waals surface area contributed by atoms with Gasteiger partial charge in [0.15, 0.2) is 0 Å². The molecule has 0 aromatic carbocycles. The number of hydrogen-bond acceptors (Lipinski definition) is 7. The Hall–Kier alpha value is -3.97. The number of nitrogens with two attached hydrogens (primary N) is 1. The van der Waals surface area contributed by atoms with Crippen LogP contribution >= 0.6 is 0 Å². The molecule has 0 bridgehead atoms. The van der Waals surface area contributed by atoms with E-state index >= 15 is 0 Å². The summed E-state index contributed by atoms with van der Waals surface area (Å²) in [5, 5.41) is 17.1. The first-order valence-electron chi connectivity index (χ1n) is 11.2. The first kappa shape index (κ1) is 21.9. The maximum atomic E-state index is 13.2. The van der Waals surface area contributed by atoms with Crippen molar-refractivity contribution in [1.82, 2.24) is 30.0 Å². The SMILES string of the molecule is CC(C)(NC(=O)N1CC[C@]2(C1)OCCn1nc(-c3cnc(N)c(C#N)c3)cc12)c1ccccn1. The zero-order valence-corrected chi connectivity index (χ0v) is 19.2. The number of nitriles is 1. The number of ether oxygens (including phenoxy) is 1. The molecule has 1 fully saturated rings. The highest BCUT2D eigenvalue weighted by molar-refractivity contribution is 5.76. The number of pyridine rings is 2. The van der Waals surface area contributed by atoms with Gasteiger partial charge in [-0.3, -0.25) is 9.67 Å². The Balaban J connectivity index is 1.38. The van der Waals surface area contributed by atoms with Crippen LogP contribution in [0.4, 0.5) is 10.6 Å². The Morgan fingerprint density at radius 2 is 2.15 bits per heavy atom. The molecule has 2 aliphatic heterocycles. The summed E-state index contributed by atoms with van der Waals surface area (Å²) >= 11 is 0. The van der Waals surface area contributed by atoms with Crippen LogP contribution in [0, 0.1) is 11.3 Å². The van der Waals surface area contributed by atoms with E-state index in [2.05, 4.69) is 21.4 Å². The van der Waals surface area contributed by atoms with Crippen molar-refractivity contribution in [1.29, 1.82) is 5.26 Å². The molecule has 5 heterocycles. The largest absolute Gasteiger partial charge is 0.383 e. The van der Waals surface area contributed by atoms with Crippen molar-refractivity contribution in [2.24, 2.45) is 0 Å². The number of urea groups is 1. The lowest BCUT2D eigenvalue weighted by atomic mass is 9.96. The summed E-state index contributed by atoms with van der Waals surface area (Å²) < 4.78 is 8.21. The maximum absolute atomic E-state index is 13.2. The van der Waals surface area contributed by atoms with E-state index in [1.165, 1.54) is 0 Å². The van der Waals surface area contributed by atoms with Crippen LogP contribution in [0.3, 0.4) is 0 Å². The van der Waals surface area contributed by atoms with Gasteiger partial charge in [0, 0.05) is 30.9 Å². The van der Waals surface area contributed by atoms with Gasteiger partial charge in [-0.15, -0.1) is 0 Å². The molecule has 3 N–H and O–H groups in total. The fourth-order valence-corrected chi connectivity index (χ4v) is 4.63. The molecule has 2 amide bonds. The molecule has 174 valence electrons. The molecule has 0 aliphatic carbocycles. The van der Waals surface area contributed by atoms with Crippen LogP contribution in [0.15, 0.2) is 42.7 Å². The minimum atomic E-state index is -0.630. The number of anilines is 1. The minimum Gasteiger partial charge on any atom is -0.383 e. The van der Waals surface area contributed by atoms with E-state index in [0.717, 1.165) is 11.4 Å². The predicted molar refractivity (Wildman–Crippen MR) is 124 cm³/mol. The Labute approximate surface area is 197 Å². The molecular formula is C24H26N8O2. The Kier molecular flexibility index (Phi) is 5.21. The van der Waals surface area contributed by atoms with Gasteiger partial charge in [0.25, 0.3) is 0 Å². The second-order valence-corrected chi connectivity index (χ2v) is 9.19. The summed E-state index contributed by atoms with van der Waals surface area (Å²) in [5.74, 6) is 0.195. The highest BCUT2D eigenvalue weighted by atomic mass is 16.5. The lowest BCUT2D eigenvalue weighted by Gasteiger charge is -2.34. The monoisotopic (exact) mass is 458 g/mol. The summed E-state index contributed by atoms with van der Waals surface area (Å²) in [6.07, 6.45) is 4.00. The molecule has 0 radical (unpaired) electrons. The predicted octanol–water partition coefficient (Wildman–Crippen LogP) is 2.37. The maximum Gasteiger partial charge on any atom is 0.318 e. The molecule has 5 rings (SSSR count). The van der Waals surface area contributed by atoms with Crippen LogP contribution in [0.1, 0.15) is 37.2 Å². The van der Waals surface area contributed by atoms with E-state index in [1.807, 2.05) is 42.8 Å². The average Bonchev–Trinajstić information content (AvgIpc) is 3.46. The van der Waals surface area contributed by atoms with E-state index in [9.17, 15) is 10.1 Å². The molecular weight excluding hydrogens is 432 g/mol. The molecule has 1 saturated heterocycles. The first-order valence-corrected chi connectivity index (χ1v) is 11.2. The normalized spacial score (nSPS) is 19.6. The van der Waals surface area contributed by atoms with Crippen LogP contribution in [-0.4, -0.2) is 50.4 Å². The highest BCUT2D eigenvalue weighted by Gasteiger charge is 2.47. The number of rotatable bonds is 3. The van der Waals surface area contributed by atoms with Crippen molar-refractivity contribution in [2.45, 2.75) is 38.0 Å². The number of hydrogen-bond donors (Lipinski definition) is 2. The van der Waals surface area contributed by atoms with E-state index in [0.29, 0.717) is 49.5 Å². The molecule has 1 spiro atoms. The van der Waals surface area contributed by atoms with Gasteiger partial charge in [0.05, 0.1) is 47.9 Å². The molecule has 3 aromatic rings. The summed E-state index contributed by atoms with van der Waals surface area (Å²) in [7, 11) is 0. The van der Waals surface area contributed by atoms with E-state index in [4.69, 9.17) is 15.6 Å². The smallest absolute Gasteiger partial charge is 0.318 e. The van der Waals surface area contributed by atoms with Crippen molar-refractivity contribution in [2.75, 3.05) is 25.4 Å². The van der Waals surface area contributed by atoms with Crippen LogP contribution in [0.25, 0.3) is 11.3 Å². The van der Waals surface area contributed by atoms with Crippen molar-refractivity contribution in [3.05, 3.63) is 59.7 Å². The first-order chi connectivity index (χ1) is 16.3. The fourth-order valence-electron chi connectivity index (χ4n) is 4.63. The van der Waals surface area contributed by atoms with Gasteiger partial charge in [-0.25, -0.2) is 9.78 Å². The number of carbonyl (C=O) groups excluding carboxylic acids is 1. The Morgan fingerprint density at radius 3 is 2.91 bits per heavy atom.